The monoisotopic (exact) mass is 448 g/mol. The number of nitrogens with two attached hydrogens (primary N) is 1. The first-order chi connectivity index (χ1) is 15.6. The van der Waals surface area contributed by atoms with Crippen LogP contribution in [-0.4, -0.2) is 78.5 Å². The summed E-state index contributed by atoms with van der Waals surface area (Å²) in [5.41, 5.74) is 6.08. The van der Waals surface area contributed by atoms with E-state index >= 15 is 0 Å². The van der Waals surface area contributed by atoms with Gasteiger partial charge in [-0.1, -0.05) is 30.3 Å². The number of hydrogen-bond donors (Lipinski definition) is 1. The predicted molar refractivity (Wildman–Crippen MR) is 105 cm³/mol. The maximum atomic E-state index is 12.0. The zero-order chi connectivity index (χ0) is 22.5. The lowest BCUT2D eigenvalue weighted by Gasteiger charge is -2.20. The van der Waals surface area contributed by atoms with Crippen molar-refractivity contribution >= 4 is 11.9 Å². The smallest absolute Gasteiger partial charge is 0.332 e. The Morgan fingerprint density at radius 1 is 1.12 bits per heavy atom. The Balaban J connectivity index is 1.44. The van der Waals surface area contributed by atoms with Crippen LogP contribution < -0.4 is 5.73 Å². The van der Waals surface area contributed by atoms with Gasteiger partial charge in [-0.15, -0.1) is 5.10 Å². The highest BCUT2D eigenvalue weighted by Crippen LogP contribution is 2.43. The molecule has 2 aromatic rings. The zero-order valence-corrected chi connectivity index (χ0v) is 17.4. The third-order valence-electron chi connectivity index (χ3n) is 4.97. The van der Waals surface area contributed by atoms with E-state index in [1.165, 1.54) is 11.0 Å². The van der Waals surface area contributed by atoms with Crippen LogP contribution >= 0.6 is 0 Å². The topological polar surface area (TPSA) is 146 Å². The first kappa shape index (κ1) is 22.3. The quantitative estimate of drug-likeness (QED) is 0.388. The van der Waals surface area contributed by atoms with Gasteiger partial charge in [-0.25, -0.2) is 14.5 Å². The molecule has 5 unspecified atom stereocenters. The highest BCUT2D eigenvalue weighted by Gasteiger charge is 2.54. The molecule has 1 aromatic heterocycles. The summed E-state index contributed by atoms with van der Waals surface area (Å²) in [6.07, 6.45) is -1.82. The first-order valence-corrected chi connectivity index (χ1v) is 10.0. The summed E-state index contributed by atoms with van der Waals surface area (Å²) >= 11 is 0. The van der Waals surface area contributed by atoms with Crippen LogP contribution in [0.5, 0.6) is 0 Å². The molecule has 0 bridgehead atoms. The third-order valence-corrected chi connectivity index (χ3v) is 4.97. The molecule has 2 fully saturated rings. The molecule has 0 aliphatic carbocycles. The molecule has 0 spiro atoms. The van der Waals surface area contributed by atoms with Crippen molar-refractivity contribution in [3.05, 3.63) is 48.0 Å². The van der Waals surface area contributed by atoms with Gasteiger partial charge in [0, 0.05) is 12.7 Å². The number of amides is 1. The minimum atomic E-state index is -0.761. The number of rotatable bonds is 10. The van der Waals surface area contributed by atoms with Crippen LogP contribution in [0.4, 0.5) is 0 Å². The molecule has 5 atom stereocenters. The summed E-state index contributed by atoms with van der Waals surface area (Å²) in [4.78, 5) is 27.2. The lowest BCUT2D eigenvalue weighted by molar-refractivity contribution is -0.170. The Hall–Kier alpha value is -2.90. The number of esters is 1. The molecule has 0 saturated carbocycles. The van der Waals surface area contributed by atoms with Gasteiger partial charge in [0.1, 0.15) is 37.9 Å². The zero-order valence-electron chi connectivity index (χ0n) is 17.4. The second kappa shape index (κ2) is 10.1. The van der Waals surface area contributed by atoms with E-state index in [0.29, 0.717) is 6.61 Å². The number of primary amides is 1. The van der Waals surface area contributed by atoms with Crippen LogP contribution in [0.25, 0.3) is 0 Å². The van der Waals surface area contributed by atoms with Crippen molar-refractivity contribution in [3.8, 4) is 0 Å². The highest BCUT2D eigenvalue weighted by atomic mass is 16.8. The second-order valence-corrected chi connectivity index (χ2v) is 7.15. The Bertz CT molecular complexity index is 923. The van der Waals surface area contributed by atoms with Gasteiger partial charge >= 0.3 is 5.97 Å². The maximum absolute atomic E-state index is 12.0. The fourth-order valence-electron chi connectivity index (χ4n) is 3.47. The standard InChI is InChI=1S/C20H24N4O8/c1-27-7-8-28-10-14(25)29-9-13-15-16(32-20(31-15)12-5-3-2-4-6-12)19(30-13)24-11-22-18(23-24)17(21)26/h2-6,11,13,15-16,19-20H,7-10H2,1H3,(H2,21,26). The van der Waals surface area contributed by atoms with Crippen LogP contribution in [0.1, 0.15) is 28.7 Å². The molecule has 32 heavy (non-hydrogen) atoms. The summed E-state index contributed by atoms with van der Waals surface area (Å²) < 4.78 is 34.9. The lowest BCUT2D eigenvalue weighted by Crippen LogP contribution is -2.33. The van der Waals surface area contributed by atoms with Gasteiger partial charge in [0.25, 0.3) is 5.91 Å². The summed E-state index contributed by atoms with van der Waals surface area (Å²) in [6.45, 7) is 0.374. The average molecular weight is 448 g/mol. The van der Waals surface area contributed by atoms with Gasteiger partial charge in [-0.05, 0) is 0 Å². The van der Waals surface area contributed by atoms with Crippen LogP contribution in [-0.2, 0) is 33.2 Å². The number of carbonyl (C=O) groups is 2. The Morgan fingerprint density at radius 2 is 1.91 bits per heavy atom. The van der Waals surface area contributed by atoms with Crippen molar-refractivity contribution in [2.75, 3.05) is 33.5 Å². The van der Waals surface area contributed by atoms with Gasteiger partial charge in [0.15, 0.2) is 12.5 Å². The van der Waals surface area contributed by atoms with Crippen molar-refractivity contribution in [3.63, 3.8) is 0 Å². The largest absolute Gasteiger partial charge is 0.461 e. The number of aromatic nitrogens is 3. The SMILES string of the molecule is COCCOCC(=O)OCC1OC(n2cnc(C(N)=O)n2)C2OC(c3ccccc3)OC12. The molecular weight excluding hydrogens is 424 g/mol. The molecule has 172 valence electrons. The van der Waals surface area contributed by atoms with Gasteiger partial charge in [0.05, 0.1) is 13.2 Å². The second-order valence-electron chi connectivity index (χ2n) is 7.15. The van der Waals surface area contributed by atoms with Crippen LogP contribution in [0.2, 0.25) is 0 Å². The molecule has 3 heterocycles. The molecule has 2 saturated heterocycles. The summed E-state index contributed by atoms with van der Waals surface area (Å²) in [5, 5.41) is 4.07. The van der Waals surface area contributed by atoms with Crippen molar-refractivity contribution in [2.45, 2.75) is 30.8 Å². The minimum Gasteiger partial charge on any atom is -0.461 e. The molecule has 2 aliphatic rings. The number of methoxy groups -OCH3 is 1. The number of nitrogens with zero attached hydrogens (tertiary/aromatic N) is 3. The van der Waals surface area contributed by atoms with Crippen molar-refractivity contribution in [1.29, 1.82) is 0 Å². The fraction of sp³-hybridized carbons (Fsp3) is 0.500. The van der Waals surface area contributed by atoms with Crippen molar-refractivity contribution in [1.82, 2.24) is 14.8 Å². The molecule has 1 amide bonds. The van der Waals surface area contributed by atoms with Gasteiger partial charge in [0.2, 0.25) is 5.82 Å². The van der Waals surface area contributed by atoms with Crippen LogP contribution in [0.3, 0.4) is 0 Å². The normalized spacial score (nSPS) is 26.7. The van der Waals surface area contributed by atoms with E-state index in [-0.39, 0.29) is 25.6 Å². The minimum absolute atomic E-state index is 0.0770. The van der Waals surface area contributed by atoms with Crippen molar-refractivity contribution in [2.24, 2.45) is 5.73 Å². The maximum Gasteiger partial charge on any atom is 0.332 e. The average Bonchev–Trinajstić information content (AvgIpc) is 3.51. The van der Waals surface area contributed by atoms with E-state index in [1.807, 2.05) is 30.3 Å². The summed E-state index contributed by atoms with van der Waals surface area (Å²) in [7, 11) is 1.54. The van der Waals surface area contributed by atoms with Gasteiger partial charge in [-0.2, -0.15) is 0 Å². The van der Waals surface area contributed by atoms with Crippen LogP contribution in [0, 0.1) is 0 Å². The molecule has 12 nitrogen and oxygen atoms in total. The van der Waals surface area contributed by atoms with E-state index in [1.54, 1.807) is 7.11 Å². The van der Waals surface area contributed by atoms with E-state index in [9.17, 15) is 9.59 Å². The molecule has 2 N–H and O–H groups in total. The molecule has 12 heteroatoms. The number of hydrogen-bond acceptors (Lipinski definition) is 10. The van der Waals surface area contributed by atoms with Gasteiger partial charge in [-0.3, -0.25) is 4.79 Å². The van der Waals surface area contributed by atoms with Crippen molar-refractivity contribution < 1.29 is 38.0 Å². The molecular formula is C20H24N4O8. The number of carbonyl (C=O) groups excluding carboxylic acids is 2. The van der Waals surface area contributed by atoms with E-state index < -0.39 is 42.7 Å². The number of fused-ring (bicyclic) bond motifs is 1. The molecule has 0 radical (unpaired) electrons. The highest BCUT2D eigenvalue weighted by molar-refractivity contribution is 5.88. The Labute approximate surface area is 183 Å². The number of ether oxygens (including phenoxy) is 6. The summed E-state index contributed by atoms with van der Waals surface area (Å²) in [6, 6.07) is 9.42. The van der Waals surface area contributed by atoms with Crippen LogP contribution in [0.15, 0.2) is 36.7 Å². The Kier molecular flexibility index (Phi) is 7.07. The lowest BCUT2D eigenvalue weighted by atomic mass is 10.1. The van der Waals surface area contributed by atoms with Gasteiger partial charge < -0.3 is 34.2 Å². The van der Waals surface area contributed by atoms with E-state index in [4.69, 9.17) is 34.2 Å². The Morgan fingerprint density at radius 3 is 2.62 bits per heavy atom. The predicted octanol–water partition coefficient (Wildman–Crippen LogP) is -0.0366. The fourth-order valence-corrected chi connectivity index (χ4v) is 3.47. The molecule has 4 rings (SSSR count). The van der Waals surface area contributed by atoms with E-state index in [0.717, 1.165) is 5.56 Å². The van der Waals surface area contributed by atoms with E-state index in [2.05, 4.69) is 10.1 Å². The first-order valence-electron chi connectivity index (χ1n) is 10.0. The summed E-state index contributed by atoms with van der Waals surface area (Å²) in [5.74, 6) is -1.45. The third kappa shape index (κ3) is 4.95. The molecule has 2 aliphatic heterocycles. The molecule has 1 aromatic carbocycles. The number of benzene rings is 1.